The van der Waals surface area contributed by atoms with E-state index in [0.29, 0.717) is 24.8 Å². The third kappa shape index (κ3) is 3.70. The molecule has 8 nitrogen and oxygen atoms in total. The van der Waals surface area contributed by atoms with Gasteiger partial charge >= 0.3 is 0 Å². The molecule has 0 radical (unpaired) electrons. The van der Waals surface area contributed by atoms with Crippen LogP contribution in [0.1, 0.15) is 23.3 Å². The second kappa shape index (κ2) is 6.67. The van der Waals surface area contributed by atoms with Gasteiger partial charge < -0.3 is 15.0 Å². The fourth-order valence-electron chi connectivity index (χ4n) is 3.19. The van der Waals surface area contributed by atoms with Crippen LogP contribution in [-0.2, 0) is 9.53 Å². The van der Waals surface area contributed by atoms with E-state index in [4.69, 9.17) is 4.74 Å². The Bertz CT molecular complexity index is 559. The highest BCUT2D eigenvalue weighted by Gasteiger charge is 2.38. The molecule has 1 aromatic heterocycles. The SMILES string of the molecule is CN(C)C(=O)C[C@H]1CN2C[C@@H](NC(=O)c3ccn[nH]3)C[C@H]2CO1. The predicted molar refractivity (Wildman–Crippen MR) is 82.9 cm³/mol. The van der Waals surface area contributed by atoms with Crippen molar-refractivity contribution in [1.29, 1.82) is 0 Å². The number of carbonyl (C=O) groups excluding carboxylic acids is 2. The molecular formula is C15H23N5O3. The highest BCUT2D eigenvalue weighted by atomic mass is 16.5. The molecule has 2 fully saturated rings. The zero-order valence-electron chi connectivity index (χ0n) is 13.5. The number of amides is 2. The van der Waals surface area contributed by atoms with E-state index in [-0.39, 0.29) is 24.0 Å². The third-order valence-electron chi connectivity index (χ3n) is 4.47. The molecule has 0 saturated carbocycles. The molecule has 0 unspecified atom stereocenters. The van der Waals surface area contributed by atoms with Crippen LogP contribution < -0.4 is 5.32 Å². The zero-order valence-corrected chi connectivity index (χ0v) is 13.5. The zero-order chi connectivity index (χ0) is 16.4. The van der Waals surface area contributed by atoms with Gasteiger partial charge in [-0.3, -0.25) is 19.6 Å². The second-order valence-electron chi connectivity index (χ2n) is 6.43. The van der Waals surface area contributed by atoms with Gasteiger partial charge in [-0.25, -0.2) is 0 Å². The van der Waals surface area contributed by atoms with Crippen molar-refractivity contribution >= 4 is 11.8 Å². The molecule has 0 bridgehead atoms. The molecular weight excluding hydrogens is 298 g/mol. The van der Waals surface area contributed by atoms with Gasteiger partial charge in [0.2, 0.25) is 5.91 Å². The number of rotatable bonds is 4. The normalized spacial score (nSPS) is 27.5. The van der Waals surface area contributed by atoms with Crippen molar-refractivity contribution in [1.82, 2.24) is 25.3 Å². The number of carbonyl (C=O) groups is 2. The van der Waals surface area contributed by atoms with E-state index in [9.17, 15) is 9.59 Å². The van der Waals surface area contributed by atoms with Crippen molar-refractivity contribution in [3.05, 3.63) is 18.0 Å². The van der Waals surface area contributed by atoms with Gasteiger partial charge in [0.15, 0.2) is 0 Å². The van der Waals surface area contributed by atoms with Crippen molar-refractivity contribution in [3.8, 4) is 0 Å². The lowest BCUT2D eigenvalue weighted by Crippen LogP contribution is -2.47. The first-order chi connectivity index (χ1) is 11.0. The van der Waals surface area contributed by atoms with Crippen LogP contribution >= 0.6 is 0 Å². The maximum atomic E-state index is 12.1. The first kappa shape index (κ1) is 15.9. The molecule has 2 N–H and O–H groups in total. The van der Waals surface area contributed by atoms with E-state index in [1.165, 1.54) is 0 Å². The Morgan fingerprint density at radius 2 is 2.30 bits per heavy atom. The molecule has 0 spiro atoms. The van der Waals surface area contributed by atoms with Crippen LogP contribution in [0.2, 0.25) is 0 Å². The number of fused-ring (bicyclic) bond motifs is 1. The number of morpholine rings is 1. The summed E-state index contributed by atoms with van der Waals surface area (Å²) in [6.07, 6.45) is 2.77. The van der Waals surface area contributed by atoms with Gasteiger partial charge in [-0.2, -0.15) is 5.10 Å². The summed E-state index contributed by atoms with van der Waals surface area (Å²) in [5.41, 5.74) is 0.473. The minimum Gasteiger partial charge on any atom is -0.375 e. The van der Waals surface area contributed by atoms with Gasteiger partial charge in [0.05, 0.1) is 19.1 Å². The lowest BCUT2D eigenvalue weighted by Gasteiger charge is -2.35. The molecule has 2 amide bonds. The number of aromatic amines is 1. The molecule has 23 heavy (non-hydrogen) atoms. The van der Waals surface area contributed by atoms with Crippen molar-refractivity contribution in [2.45, 2.75) is 31.0 Å². The Balaban J connectivity index is 1.51. The van der Waals surface area contributed by atoms with Crippen molar-refractivity contribution in [3.63, 3.8) is 0 Å². The quantitative estimate of drug-likeness (QED) is 0.777. The first-order valence-corrected chi connectivity index (χ1v) is 7.89. The van der Waals surface area contributed by atoms with Gasteiger partial charge in [0, 0.05) is 45.5 Å². The van der Waals surface area contributed by atoms with Crippen LogP contribution in [0.3, 0.4) is 0 Å². The fraction of sp³-hybridized carbons (Fsp3) is 0.667. The number of aromatic nitrogens is 2. The lowest BCUT2D eigenvalue weighted by atomic mass is 10.1. The molecule has 0 aromatic carbocycles. The Hall–Kier alpha value is -1.93. The Morgan fingerprint density at radius 1 is 1.48 bits per heavy atom. The minimum atomic E-state index is -0.132. The standard InChI is InChI=1S/C15H23N5O3/c1-19(2)14(21)6-12-8-20-7-10(5-11(20)9-23-12)17-15(22)13-3-4-16-18-13/h3-4,10-12H,5-9H2,1-2H3,(H,16,18)(H,17,22)/t10-,11-,12-/m0/s1. The smallest absolute Gasteiger partial charge is 0.269 e. The molecule has 3 heterocycles. The van der Waals surface area contributed by atoms with Crippen LogP contribution in [0.4, 0.5) is 0 Å². The van der Waals surface area contributed by atoms with E-state index in [1.54, 1.807) is 31.3 Å². The molecule has 1 aromatic rings. The van der Waals surface area contributed by atoms with E-state index in [0.717, 1.165) is 19.5 Å². The van der Waals surface area contributed by atoms with Crippen LogP contribution in [0.5, 0.6) is 0 Å². The summed E-state index contributed by atoms with van der Waals surface area (Å²) in [6, 6.07) is 2.07. The highest BCUT2D eigenvalue weighted by Crippen LogP contribution is 2.24. The van der Waals surface area contributed by atoms with Gasteiger partial charge in [-0.1, -0.05) is 0 Å². The molecule has 3 atom stereocenters. The molecule has 2 aliphatic rings. The number of hydrogen-bond donors (Lipinski definition) is 2. The van der Waals surface area contributed by atoms with E-state index < -0.39 is 0 Å². The topological polar surface area (TPSA) is 90.6 Å². The van der Waals surface area contributed by atoms with Crippen molar-refractivity contribution < 1.29 is 14.3 Å². The molecule has 126 valence electrons. The maximum absolute atomic E-state index is 12.1. The van der Waals surface area contributed by atoms with Gasteiger partial charge in [0.25, 0.3) is 5.91 Å². The summed E-state index contributed by atoms with van der Waals surface area (Å²) in [4.78, 5) is 27.8. The monoisotopic (exact) mass is 321 g/mol. The number of nitrogens with one attached hydrogen (secondary N) is 2. The average Bonchev–Trinajstić information content (AvgIpc) is 3.15. The highest BCUT2D eigenvalue weighted by molar-refractivity contribution is 5.92. The molecule has 3 rings (SSSR count). The summed E-state index contributed by atoms with van der Waals surface area (Å²) < 4.78 is 5.82. The molecule has 0 aliphatic carbocycles. The number of hydrogen-bond acceptors (Lipinski definition) is 5. The van der Waals surface area contributed by atoms with Gasteiger partial charge in [0.1, 0.15) is 5.69 Å². The maximum Gasteiger partial charge on any atom is 0.269 e. The number of H-pyrrole nitrogens is 1. The second-order valence-corrected chi connectivity index (χ2v) is 6.43. The Kier molecular flexibility index (Phi) is 4.63. The molecule has 8 heteroatoms. The Labute approximate surface area is 135 Å². The van der Waals surface area contributed by atoms with E-state index >= 15 is 0 Å². The average molecular weight is 321 g/mol. The van der Waals surface area contributed by atoms with Gasteiger partial charge in [-0.05, 0) is 12.5 Å². The van der Waals surface area contributed by atoms with Crippen LogP contribution in [0.25, 0.3) is 0 Å². The van der Waals surface area contributed by atoms with Crippen molar-refractivity contribution in [2.75, 3.05) is 33.8 Å². The third-order valence-corrected chi connectivity index (χ3v) is 4.47. The number of nitrogens with zero attached hydrogens (tertiary/aromatic N) is 3. The minimum absolute atomic E-state index is 0.0665. The molecule has 2 aliphatic heterocycles. The first-order valence-electron chi connectivity index (χ1n) is 7.89. The fourth-order valence-corrected chi connectivity index (χ4v) is 3.19. The van der Waals surface area contributed by atoms with Crippen molar-refractivity contribution in [2.24, 2.45) is 0 Å². The number of ether oxygens (including phenoxy) is 1. The Morgan fingerprint density at radius 3 is 3.00 bits per heavy atom. The largest absolute Gasteiger partial charge is 0.375 e. The summed E-state index contributed by atoms with van der Waals surface area (Å²) in [7, 11) is 3.51. The van der Waals surface area contributed by atoms with Gasteiger partial charge in [-0.15, -0.1) is 0 Å². The van der Waals surface area contributed by atoms with Crippen LogP contribution in [0, 0.1) is 0 Å². The van der Waals surface area contributed by atoms with Crippen LogP contribution in [0.15, 0.2) is 12.3 Å². The predicted octanol–water partition coefficient (Wildman–Crippen LogP) is -0.540. The van der Waals surface area contributed by atoms with E-state index in [2.05, 4.69) is 20.4 Å². The summed E-state index contributed by atoms with van der Waals surface area (Å²) in [5.74, 6) is -0.0515. The molecule has 2 saturated heterocycles. The summed E-state index contributed by atoms with van der Waals surface area (Å²) in [5, 5.41) is 9.49. The lowest BCUT2D eigenvalue weighted by molar-refractivity contribution is -0.134. The van der Waals surface area contributed by atoms with E-state index in [1.807, 2.05) is 0 Å². The summed E-state index contributed by atoms with van der Waals surface area (Å²) in [6.45, 7) is 2.14. The summed E-state index contributed by atoms with van der Waals surface area (Å²) >= 11 is 0. The van der Waals surface area contributed by atoms with Crippen LogP contribution in [-0.4, -0.2) is 83.8 Å².